The van der Waals surface area contributed by atoms with Crippen molar-refractivity contribution < 1.29 is 14.2 Å². The minimum atomic E-state index is -0.390. The lowest BCUT2D eigenvalue weighted by Gasteiger charge is -2.11. The maximum atomic E-state index is 13.2. The number of aliphatic hydroxyl groups excluding tert-OH is 1. The molecule has 6 nitrogen and oxygen atoms in total. The first kappa shape index (κ1) is 18.8. The summed E-state index contributed by atoms with van der Waals surface area (Å²) >= 11 is 0. The number of benzene rings is 1. The summed E-state index contributed by atoms with van der Waals surface area (Å²) in [6.45, 7) is 2.12. The number of aliphatic hydroxyl groups is 1. The number of hydrogen-bond donors (Lipinski definition) is 2. The zero-order chi connectivity index (χ0) is 19.4. The maximum Gasteiger partial charge on any atom is 0.126 e. The third-order valence-corrected chi connectivity index (χ3v) is 4.45. The van der Waals surface area contributed by atoms with Crippen LogP contribution in [0.15, 0.2) is 36.7 Å². The number of rotatable bonds is 7. The number of hydrogen-bond acceptors (Lipinski definition) is 5. The molecule has 0 aliphatic heterocycles. The average Bonchev–Trinajstić information content (AvgIpc) is 3.02. The van der Waals surface area contributed by atoms with E-state index in [1.54, 1.807) is 12.3 Å². The molecule has 2 aromatic heterocycles. The van der Waals surface area contributed by atoms with E-state index in [4.69, 9.17) is 10.5 Å². The molecule has 7 heteroatoms. The van der Waals surface area contributed by atoms with Crippen molar-refractivity contribution in [2.24, 2.45) is 7.05 Å². The summed E-state index contributed by atoms with van der Waals surface area (Å²) in [4.78, 5) is 4.24. The summed E-state index contributed by atoms with van der Waals surface area (Å²) in [6, 6.07) is 6.15. The number of pyridine rings is 1. The standard InChI is InChI=1S/C20H23FN4O2/c1-13-8-15(10-23-20(13)22)19-14(11-24-25(19)2)4-3-7-27-18-6-5-17(21)9-16(18)12-26/h5-6,8-11,26H,3-4,7,12H2,1-2H3,(H2,22,23). The van der Waals surface area contributed by atoms with Crippen molar-refractivity contribution in [1.82, 2.24) is 14.8 Å². The number of nitrogens with two attached hydrogens (primary N) is 1. The van der Waals surface area contributed by atoms with Gasteiger partial charge in [-0.15, -0.1) is 0 Å². The fraction of sp³-hybridized carbons (Fsp3) is 0.300. The number of nitrogens with zero attached hydrogens (tertiary/aromatic N) is 3. The van der Waals surface area contributed by atoms with Crippen LogP contribution in [0.1, 0.15) is 23.1 Å². The topological polar surface area (TPSA) is 86.2 Å². The molecule has 0 aliphatic carbocycles. The van der Waals surface area contributed by atoms with Crippen LogP contribution in [0.3, 0.4) is 0 Å². The maximum absolute atomic E-state index is 13.2. The molecule has 142 valence electrons. The molecule has 27 heavy (non-hydrogen) atoms. The van der Waals surface area contributed by atoms with Crippen molar-refractivity contribution in [1.29, 1.82) is 0 Å². The van der Waals surface area contributed by atoms with Crippen LogP contribution in [0.4, 0.5) is 10.2 Å². The van der Waals surface area contributed by atoms with Crippen molar-refractivity contribution in [3.63, 3.8) is 0 Å². The molecular formula is C20H23FN4O2. The lowest BCUT2D eigenvalue weighted by atomic mass is 10.0. The molecule has 0 bridgehead atoms. The number of ether oxygens (including phenoxy) is 1. The number of anilines is 1. The number of nitrogen functional groups attached to an aromatic ring is 1. The van der Waals surface area contributed by atoms with Gasteiger partial charge in [0.2, 0.25) is 0 Å². The molecule has 0 spiro atoms. The number of aromatic nitrogens is 3. The molecule has 3 aromatic rings. The van der Waals surface area contributed by atoms with Gasteiger partial charge in [-0.05, 0) is 55.2 Å². The van der Waals surface area contributed by atoms with Crippen molar-refractivity contribution in [3.8, 4) is 17.0 Å². The van der Waals surface area contributed by atoms with Gasteiger partial charge in [0, 0.05) is 24.4 Å². The first-order valence-electron chi connectivity index (χ1n) is 8.75. The number of halogens is 1. The van der Waals surface area contributed by atoms with Gasteiger partial charge in [-0.3, -0.25) is 4.68 Å². The summed E-state index contributed by atoms with van der Waals surface area (Å²) in [5.74, 6) is 0.636. The molecule has 2 heterocycles. The van der Waals surface area contributed by atoms with Crippen LogP contribution in [0.2, 0.25) is 0 Å². The minimum absolute atomic E-state index is 0.261. The van der Waals surface area contributed by atoms with E-state index in [2.05, 4.69) is 10.1 Å². The Hall–Kier alpha value is -2.93. The summed E-state index contributed by atoms with van der Waals surface area (Å²) in [5.41, 5.74) is 10.3. The zero-order valence-electron chi connectivity index (χ0n) is 15.4. The van der Waals surface area contributed by atoms with Crippen molar-refractivity contribution in [2.45, 2.75) is 26.4 Å². The smallest absolute Gasteiger partial charge is 0.126 e. The predicted octanol–water partition coefficient (Wildman–Crippen LogP) is 3.02. The summed E-state index contributed by atoms with van der Waals surface area (Å²) < 4.78 is 20.8. The lowest BCUT2D eigenvalue weighted by Crippen LogP contribution is -2.03. The molecule has 1 aromatic carbocycles. The van der Waals surface area contributed by atoms with E-state index < -0.39 is 0 Å². The van der Waals surface area contributed by atoms with Crippen LogP contribution >= 0.6 is 0 Å². The fourth-order valence-electron chi connectivity index (χ4n) is 3.01. The fourth-order valence-corrected chi connectivity index (χ4v) is 3.01. The second kappa shape index (κ2) is 8.18. The lowest BCUT2D eigenvalue weighted by molar-refractivity contribution is 0.260. The van der Waals surface area contributed by atoms with E-state index in [0.717, 1.165) is 35.2 Å². The summed E-state index contributed by atoms with van der Waals surface area (Å²) in [5, 5.41) is 13.7. The molecule has 0 saturated carbocycles. The molecule has 0 unspecified atom stereocenters. The molecule has 0 aliphatic rings. The molecule has 3 N–H and O–H groups in total. The van der Waals surface area contributed by atoms with Gasteiger partial charge in [0.1, 0.15) is 17.4 Å². The minimum Gasteiger partial charge on any atom is -0.493 e. The van der Waals surface area contributed by atoms with Crippen LogP contribution in [0, 0.1) is 12.7 Å². The largest absolute Gasteiger partial charge is 0.493 e. The van der Waals surface area contributed by atoms with Gasteiger partial charge in [-0.1, -0.05) is 0 Å². The van der Waals surface area contributed by atoms with Gasteiger partial charge >= 0.3 is 0 Å². The quantitative estimate of drug-likeness (QED) is 0.625. The van der Waals surface area contributed by atoms with E-state index in [-0.39, 0.29) is 12.4 Å². The second-order valence-electron chi connectivity index (χ2n) is 6.43. The molecule has 0 saturated heterocycles. The number of aryl methyl sites for hydroxylation is 3. The Balaban J connectivity index is 1.66. The average molecular weight is 370 g/mol. The van der Waals surface area contributed by atoms with Crippen molar-refractivity contribution in [3.05, 3.63) is 59.2 Å². The Morgan fingerprint density at radius 3 is 2.78 bits per heavy atom. The summed E-state index contributed by atoms with van der Waals surface area (Å²) in [6.07, 6.45) is 5.12. The zero-order valence-corrected chi connectivity index (χ0v) is 15.4. The SMILES string of the molecule is Cc1cc(-c2c(CCCOc3ccc(F)cc3CO)cnn2C)cnc1N. The Labute approximate surface area is 157 Å². The van der Waals surface area contributed by atoms with Gasteiger partial charge in [0.15, 0.2) is 0 Å². The van der Waals surface area contributed by atoms with Crippen LogP contribution in [-0.2, 0) is 20.1 Å². The highest BCUT2D eigenvalue weighted by Gasteiger charge is 2.13. The highest BCUT2D eigenvalue weighted by molar-refractivity contribution is 5.65. The molecule has 3 rings (SSSR count). The van der Waals surface area contributed by atoms with Crippen LogP contribution in [0.25, 0.3) is 11.3 Å². The van der Waals surface area contributed by atoms with Gasteiger partial charge in [-0.25, -0.2) is 9.37 Å². The van der Waals surface area contributed by atoms with E-state index in [0.29, 0.717) is 23.7 Å². The predicted molar refractivity (Wildman–Crippen MR) is 102 cm³/mol. The molecule has 0 fully saturated rings. The van der Waals surface area contributed by atoms with E-state index in [9.17, 15) is 9.50 Å². The van der Waals surface area contributed by atoms with Crippen LogP contribution in [-0.4, -0.2) is 26.5 Å². The second-order valence-corrected chi connectivity index (χ2v) is 6.43. The molecular weight excluding hydrogens is 347 g/mol. The highest BCUT2D eigenvalue weighted by Crippen LogP contribution is 2.26. The first-order chi connectivity index (χ1) is 13.0. The highest BCUT2D eigenvalue weighted by atomic mass is 19.1. The first-order valence-corrected chi connectivity index (χ1v) is 8.75. The van der Waals surface area contributed by atoms with Crippen LogP contribution < -0.4 is 10.5 Å². The third kappa shape index (κ3) is 4.25. The van der Waals surface area contributed by atoms with Crippen molar-refractivity contribution >= 4 is 5.82 Å². The van der Waals surface area contributed by atoms with Gasteiger partial charge < -0.3 is 15.6 Å². The Kier molecular flexibility index (Phi) is 5.71. The normalized spacial score (nSPS) is 11.0. The monoisotopic (exact) mass is 370 g/mol. The van der Waals surface area contributed by atoms with E-state index in [1.165, 1.54) is 12.1 Å². The van der Waals surface area contributed by atoms with Gasteiger partial charge in [0.25, 0.3) is 0 Å². The van der Waals surface area contributed by atoms with Gasteiger partial charge in [-0.2, -0.15) is 5.10 Å². The Morgan fingerprint density at radius 1 is 1.22 bits per heavy atom. The third-order valence-electron chi connectivity index (χ3n) is 4.45. The Morgan fingerprint density at radius 2 is 2.04 bits per heavy atom. The molecule has 0 amide bonds. The Bertz CT molecular complexity index is 940. The molecule has 0 atom stereocenters. The molecule has 0 radical (unpaired) electrons. The van der Waals surface area contributed by atoms with Crippen LogP contribution in [0.5, 0.6) is 5.75 Å². The van der Waals surface area contributed by atoms with E-state index >= 15 is 0 Å². The summed E-state index contributed by atoms with van der Waals surface area (Å²) in [7, 11) is 1.90. The van der Waals surface area contributed by atoms with Crippen molar-refractivity contribution in [2.75, 3.05) is 12.3 Å². The van der Waals surface area contributed by atoms with Gasteiger partial charge in [0.05, 0.1) is 25.1 Å². The van der Waals surface area contributed by atoms with E-state index in [1.807, 2.05) is 30.9 Å².